The molecule has 0 saturated heterocycles. The van der Waals surface area contributed by atoms with E-state index in [-0.39, 0.29) is 6.79 Å². The SMILES string of the molecule is COc1ccc(-c2cc(C)c3c(c2-c2ccc(OC)c(C)c2)OCO3)cc1C. The maximum atomic E-state index is 5.92. The van der Waals surface area contributed by atoms with Gasteiger partial charge < -0.3 is 18.9 Å². The first-order valence-electron chi connectivity index (χ1n) is 9.26. The molecule has 3 aromatic rings. The highest BCUT2D eigenvalue weighted by Crippen LogP contribution is 2.49. The molecule has 0 fully saturated rings. The second-order valence-corrected chi connectivity index (χ2v) is 7.05. The molecule has 4 heteroatoms. The Bertz CT molecular complexity index is 1050. The van der Waals surface area contributed by atoms with Crippen LogP contribution in [-0.4, -0.2) is 21.0 Å². The van der Waals surface area contributed by atoms with E-state index in [9.17, 15) is 0 Å². The van der Waals surface area contributed by atoms with Gasteiger partial charge in [-0.1, -0.05) is 12.1 Å². The lowest BCUT2D eigenvalue weighted by Crippen LogP contribution is -1.95. The van der Waals surface area contributed by atoms with Crippen LogP contribution in [0.2, 0.25) is 0 Å². The highest BCUT2D eigenvalue weighted by atomic mass is 16.7. The standard InChI is InChI=1S/C24H24O4/c1-14-10-17(6-8-20(14)25-4)19-12-16(3)23-24(28-13-27-23)22(19)18-7-9-21(26-5)15(2)11-18/h6-12H,13H2,1-5H3. The molecular formula is C24H24O4. The van der Waals surface area contributed by atoms with Crippen LogP contribution in [0.1, 0.15) is 16.7 Å². The van der Waals surface area contributed by atoms with E-state index in [1.165, 1.54) is 0 Å². The fourth-order valence-electron chi connectivity index (χ4n) is 3.83. The number of hydrogen-bond donors (Lipinski definition) is 0. The van der Waals surface area contributed by atoms with Crippen LogP contribution in [0.4, 0.5) is 0 Å². The number of hydrogen-bond acceptors (Lipinski definition) is 4. The molecular weight excluding hydrogens is 352 g/mol. The minimum atomic E-state index is 0.239. The number of fused-ring (bicyclic) bond motifs is 1. The van der Waals surface area contributed by atoms with E-state index in [0.29, 0.717) is 0 Å². The fraction of sp³-hybridized carbons (Fsp3) is 0.250. The molecule has 0 atom stereocenters. The fourth-order valence-corrected chi connectivity index (χ4v) is 3.83. The maximum absolute atomic E-state index is 5.92. The molecule has 1 aliphatic rings. The summed E-state index contributed by atoms with van der Waals surface area (Å²) in [6.45, 7) is 6.39. The first-order chi connectivity index (χ1) is 13.5. The van der Waals surface area contributed by atoms with Gasteiger partial charge in [0.15, 0.2) is 11.5 Å². The number of rotatable bonds is 4. The van der Waals surface area contributed by atoms with Crippen LogP contribution in [0.25, 0.3) is 22.3 Å². The molecule has 0 amide bonds. The van der Waals surface area contributed by atoms with E-state index in [1.54, 1.807) is 14.2 Å². The minimum absolute atomic E-state index is 0.239. The Labute approximate surface area is 165 Å². The zero-order chi connectivity index (χ0) is 19.8. The van der Waals surface area contributed by atoms with Gasteiger partial charge >= 0.3 is 0 Å². The van der Waals surface area contributed by atoms with Crippen molar-refractivity contribution in [2.45, 2.75) is 20.8 Å². The summed E-state index contributed by atoms with van der Waals surface area (Å²) in [5, 5.41) is 0. The predicted octanol–water partition coefficient (Wildman–Crippen LogP) is 5.69. The van der Waals surface area contributed by atoms with E-state index in [1.807, 2.05) is 19.1 Å². The summed E-state index contributed by atoms with van der Waals surface area (Å²) in [6.07, 6.45) is 0. The van der Waals surface area contributed by atoms with Crippen molar-refractivity contribution in [2.24, 2.45) is 0 Å². The van der Waals surface area contributed by atoms with Gasteiger partial charge in [-0.3, -0.25) is 0 Å². The quantitative estimate of drug-likeness (QED) is 0.586. The largest absolute Gasteiger partial charge is 0.496 e. The summed E-state index contributed by atoms with van der Waals surface area (Å²) in [5.74, 6) is 3.36. The van der Waals surface area contributed by atoms with E-state index < -0.39 is 0 Å². The molecule has 3 aromatic carbocycles. The molecule has 0 saturated carbocycles. The van der Waals surface area contributed by atoms with Crippen molar-refractivity contribution in [2.75, 3.05) is 21.0 Å². The maximum Gasteiger partial charge on any atom is 0.231 e. The van der Waals surface area contributed by atoms with Crippen LogP contribution >= 0.6 is 0 Å². The Kier molecular flexibility index (Phi) is 4.63. The van der Waals surface area contributed by atoms with Crippen molar-refractivity contribution in [3.63, 3.8) is 0 Å². The zero-order valence-electron chi connectivity index (χ0n) is 16.9. The highest BCUT2D eigenvalue weighted by Gasteiger charge is 2.25. The van der Waals surface area contributed by atoms with Crippen LogP contribution in [0.5, 0.6) is 23.0 Å². The van der Waals surface area contributed by atoms with Gasteiger partial charge in [-0.15, -0.1) is 0 Å². The van der Waals surface area contributed by atoms with Gasteiger partial charge in [-0.2, -0.15) is 0 Å². The third kappa shape index (κ3) is 2.95. The van der Waals surface area contributed by atoms with Gasteiger partial charge in [0.05, 0.1) is 14.2 Å². The topological polar surface area (TPSA) is 36.9 Å². The first-order valence-corrected chi connectivity index (χ1v) is 9.26. The molecule has 144 valence electrons. The summed E-state index contributed by atoms with van der Waals surface area (Å²) < 4.78 is 22.5. The molecule has 4 rings (SSSR count). The number of aryl methyl sites for hydroxylation is 3. The van der Waals surface area contributed by atoms with Crippen LogP contribution in [0.3, 0.4) is 0 Å². The monoisotopic (exact) mass is 376 g/mol. The zero-order valence-corrected chi connectivity index (χ0v) is 16.9. The highest BCUT2D eigenvalue weighted by molar-refractivity contribution is 5.91. The van der Waals surface area contributed by atoms with Crippen molar-refractivity contribution in [1.82, 2.24) is 0 Å². The minimum Gasteiger partial charge on any atom is -0.496 e. The average molecular weight is 376 g/mol. The molecule has 1 heterocycles. The Morgan fingerprint density at radius 1 is 0.679 bits per heavy atom. The third-order valence-corrected chi connectivity index (χ3v) is 5.22. The van der Waals surface area contributed by atoms with E-state index >= 15 is 0 Å². The van der Waals surface area contributed by atoms with Crippen LogP contribution in [0, 0.1) is 20.8 Å². The summed E-state index contributed by atoms with van der Waals surface area (Å²) in [4.78, 5) is 0. The Morgan fingerprint density at radius 2 is 1.25 bits per heavy atom. The normalized spacial score (nSPS) is 12.2. The van der Waals surface area contributed by atoms with E-state index in [0.717, 1.165) is 61.9 Å². The molecule has 0 spiro atoms. The smallest absolute Gasteiger partial charge is 0.231 e. The Morgan fingerprint density at radius 3 is 1.86 bits per heavy atom. The molecule has 0 bridgehead atoms. The molecule has 4 nitrogen and oxygen atoms in total. The lowest BCUT2D eigenvalue weighted by atomic mass is 9.90. The molecule has 0 aromatic heterocycles. The average Bonchev–Trinajstić information content (AvgIpc) is 3.18. The van der Waals surface area contributed by atoms with Gasteiger partial charge in [-0.05, 0) is 84.5 Å². The van der Waals surface area contributed by atoms with Crippen LogP contribution < -0.4 is 18.9 Å². The molecule has 0 unspecified atom stereocenters. The second-order valence-electron chi connectivity index (χ2n) is 7.05. The van der Waals surface area contributed by atoms with E-state index in [4.69, 9.17) is 18.9 Å². The molecule has 0 radical (unpaired) electrons. The van der Waals surface area contributed by atoms with Gasteiger partial charge in [0.25, 0.3) is 0 Å². The van der Waals surface area contributed by atoms with Crippen molar-refractivity contribution in [1.29, 1.82) is 0 Å². The van der Waals surface area contributed by atoms with Crippen molar-refractivity contribution >= 4 is 0 Å². The predicted molar refractivity (Wildman–Crippen MR) is 111 cm³/mol. The van der Waals surface area contributed by atoms with Crippen molar-refractivity contribution < 1.29 is 18.9 Å². The van der Waals surface area contributed by atoms with Crippen molar-refractivity contribution in [3.05, 3.63) is 59.2 Å². The third-order valence-electron chi connectivity index (χ3n) is 5.22. The van der Waals surface area contributed by atoms with E-state index in [2.05, 4.69) is 44.2 Å². The van der Waals surface area contributed by atoms with Gasteiger partial charge in [0, 0.05) is 5.56 Å². The number of methoxy groups -OCH3 is 2. The summed E-state index contributed by atoms with van der Waals surface area (Å²) >= 11 is 0. The lowest BCUT2D eigenvalue weighted by Gasteiger charge is -2.17. The number of benzene rings is 3. The first kappa shape index (κ1) is 18.2. The number of ether oxygens (including phenoxy) is 4. The van der Waals surface area contributed by atoms with Gasteiger partial charge in [0.1, 0.15) is 11.5 Å². The molecule has 1 aliphatic heterocycles. The molecule has 0 aliphatic carbocycles. The molecule has 28 heavy (non-hydrogen) atoms. The lowest BCUT2D eigenvalue weighted by molar-refractivity contribution is 0.174. The second kappa shape index (κ2) is 7.12. The summed E-state index contributed by atoms with van der Waals surface area (Å²) in [5.41, 5.74) is 7.56. The molecule has 0 N–H and O–H groups in total. The Hall–Kier alpha value is -3.14. The van der Waals surface area contributed by atoms with Gasteiger partial charge in [-0.25, -0.2) is 0 Å². The Balaban J connectivity index is 1.98. The van der Waals surface area contributed by atoms with Gasteiger partial charge in [0.2, 0.25) is 6.79 Å². The summed E-state index contributed by atoms with van der Waals surface area (Å²) in [7, 11) is 3.38. The van der Waals surface area contributed by atoms with Crippen LogP contribution in [-0.2, 0) is 0 Å². The van der Waals surface area contributed by atoms with Crippen LogP contribution in [0.15, 0.2) is 42.5 Å². The summed E-state index contributed by atoms with van der Waals surface area (Å²) in [6, 6.07) is 14.6. The van der Waals surface area contributed by atoms with Crippen molar-refractivity contribution in [3.8, 4) is 45.3 Å².